The van der Waals surface area contributed by atoms with E-state index >= 15 is 0 Å². The topological polar surface area (TPSA) is 46.2 Å². The van der Waals surface area contributed by atoms with Gasteiger partial charge in [0.25, 0.3) is 0 Å². The Morgan fingerprint density at radius 3 is 2.25 bits per heavy atom. The highest BCUT2D eigenvalue weighted by Crippen LogP contribution is 2.23. The van der Waals surface area contributed by atoms with Gasteiger partial charge in [-0.2, -0.15) is 0 Å². The molecule has 2 atom stereocenters. The predicted molar refractivity (Wildman–Crippen MR) is 59.1 cm³/mol. The van der Waals surface area contributed by atoms with Crippen LogP contribution in [0.5, 0.6) is 0 Å². The summed E-state index contributed by atoms with van der Waals surface area (Å²) >= 11 is 0. The molecule has 0 aliphatic rings. The average Bonchev–Trinajstić information content (AvgIpc) is 2.17. The van der Waals surface area contributed by atoms with Gasteiger partial charge in [0, 0.05) is 18.5 Å². The Morgan fingerprint density at radius 2 is 1.81 bits per heavy atom. The van der Waals surface area contributed by atoms with E-state index in [2.05, 4.69) is 0 Å². The fourth-order valence-electron chi connectivity index (χ4n) is 1.80. The molecule has 0 saturated heterocycles. The standard InChI is InChI=1S/C12H17F2NO/c1-2-3-12(16)11(7-15)8-4-9(13)6-10(14)5-8/h4-6,11-12,16H,2-3,7,15H2,1H3. The zero-order valence-corrected chi connectivity index (χ0v) is 9.29. The smallest absolute Gasteiger partial charge is 0.126 e. The van der Waals surface area contributed by atoms with Crippen LogP contribution in [0.2, 0.25) is 0 Å². The van der Waals surface area contributed by atoms with Gasteiger partial charge in [0.05, 0.1) is 6.10 Å². The lowest BCUT2D eigenvalue weighted by molar-refractivity contribution is 0.134. The minimum Gasteiger partial charge on any atom is -0.392 e. The van der Waals surface area contributed by atoms with Crippen molar-refractivity contribution in [1.29, 1.82) is 0 Å². The number of rotatable bonds is 5. The minimum atomic E-state index is -0.656. The molecular formula is C12H17F2NO. The van der Waals surface area contributed by atoms with Crippen molar-refractivity contribution in [2.45, 2.75) is 31.8 Å². The fraction of sp³-hybridized carbons (Fsp3) is 0.500. The van der Waals surface area contributed by atoms with Gasteiger partial charge in [0.15, 0.2) is 0 Å². The molecule has 0 amide bonds. The van der Waals surface area contributed by atoms with Crippen molar-refractivity contribution in [2.75, 3.05) is 6.54 Å². The average molecular weight is 229 g/mol. The molecule has 2 nitrogen and oxygen atoms in total. The van der Waals surface area contributed by atoms with Crippen LogP contribution >= 0.6 is 0 Å². The molecule has 0 heterocycles. The molecule has 0 fully saturated rings. The van der Waals surface area contributed by atoms with E-state index in [0.29, 0.717) is 12.0 Å². The van der Waals surface area contributed by atoms with Gasteiger partial charge in [-0.1, -0.05) is 13.3 Å². The first-order valence-electron chi connectivity index (χ1n) is 5.42. The lowest BCUT2D eigenvalue weighted by Crippen LogP contribution is -2.26. The summed E-state index contributed by atoms with van der Waals surface area (Å²) < 4.78 is 26.0. The highest BCUT2D eigenvalue weighted by Gasteiger charge is 2.20. The summed E-state index contributed by atoms with van der Waals surface area (Å²) in [6.07, 6.45) is 0.714. The second-order valence-corrected chi connectivity index (χ2v) is 3.90. The second kappa shape index (κ2) is 5.92. The Morgan fingerprint density at radius 1 is 1.25 bits per heavy atom. The van der Waals surface area contributed by atoms with Crippen LogP contribution in [-0.4, -0.2) is 17.8 Å². The van der Waals surface area contributed by atoms with E-state index in [1.54, 1.807) is 0 Å². The van der Waals surface area contributed by atoms with Crippen LogP contribution in [0.1, 0.15) is 31.2 Å². The summed E-state index contributed by atoms with van der Waals surface area (Å²) in [4.78, 5) is 0. The van der Waals surface area contributed by atoms with Crippen LogP contribution in [0, 0.1) is 11.6 Å². The van der Waals surface area contributed by atoms with E-state index in [9.17, 15) is 13.9 Å². The number of aliphatic hydroxyl groups is 1. The first-order valence-corrected chi connectivity index (χ1v) is 5.42. The van der Waals surface area contributed by atoms with Crippen molar-refractivity contribution < 1.29 is 13.9 Å². The minimum absolute atomic E-state index is 0.171. The Hall–Kier alpha value is -1.00. The molecule has 16 heavy (non-hydrogen) atoms. The molecule has 0 bridgehead atoms. The lowest BCUT2D eigenvalue weighted by atomic mass is 9.91. The Kier molecular flexibility index (Phi) is 4.83. The van der Waals surface area contributed by atoms with E-state index in [4.69, 9.17) is 5.73 Å². The Bertz CT molecular complexity index is 324. The Balaban J connectivity index is 2.94. The number of nitrogens with two attached hydrogens (primary N) is 1. The van der Waals surface area contributed by atoms with Crippen LogP contribution in [0.3, 0.4) is 0 Å². The number of hydrogen-bond donors (Lipinski definition) is 2. The molecule has 1 rings (SSSR count). The zero-order valence-electron chi connectivity index (χ0n) is 9.29. The SMILES string of the molecule is CCCC(O)C(CN)c1cc(F)cc(F)c1. The first-order chi connectivity index (χ1) is 7.58. The van der Waals surface area contributed by atoms with Gasteiger partial charge in [0.1, 0.15) is 11.6 Å². The van der Waals surface area contributed by atoms with Crippen LogP contribution < -0.4 is 5.73 Å². The van der Waals surface area contributed by atoms with Crippen LogP contribution in [0.25, 0.3) is 0 Å². The molecule has 0 radical (unpaired) electrons. The van der Waals surface area contributed by atoms with E-state index in [0.717, 1.165) is 12.5 Å². The molecule has 2 unspecified atom stereocenters. The molecule has 4 heteroatoms. The van der Waals surface area contributed by atoms with Gasteiger partial charge in [0.2, 0.25) is 0 Å². The molecule has 0 aliphatic carbocycles. The normalized spacial score (nSPS) is 14.8. The van der Waals surface area contributed by atoms with E-state index in [1.165, 1.54) is 12.1 Å². The summed E-state index contributed by atoms with van der Waals surface area (Å²) in [5.74, 6) is -1.69. The number of hydrogen-bond acceptors (Lipinski definition) is 2. The van der Waals surface area contributed by atoms with Gasteiger partial charge in [-0.25, -0.2) is 8.78 Å². The molecule has 3 N–H and O–H groups in total. The molecule has 1 aromatic carbocycles. The third-order valence-electron chi connectivity index (χ3n) is 2.62. The van der Waals surface area contributed by atoms with Crippen molar-refractivity contribution >= 4 is 0 Å². The van der Waals surface area contributed by atoms with Gasteiger partial charge in [-0.3, -0.25) is 0 Å². The monoisotopic (exact) mass is 229 g/mol. The lowest BCUT2D eigenvalue weighted by Gasteiger charge is -2.21. The summed E-state index contributed by atoms with van der Waals surface area (Å²) in [5.41, 5.74) is 5.95. The van der Waals surface area contributed by atoms with Crippen molar-refractivity contribution in [2.24, 2.45) is 5.73 Å². The van der Waals surface area contributed by atoms with Gasteiger partial charge in [-0.15, -0.1) is 0 Å². The Labute approximate surface area is 94.1 Å². The first kappa shape index (κ1) is 13.1. The van der Waals surface area contributed by atoms with Crippen molar-refractivity contribution in [1.82, 2.24) is 0 Å². The molecule has 90 valence electrons. The van der Waals surface area contributed by atoms with Crippen LogP contribution in [-0.2, 0) is 0 Å². The third kappa shape index (κ3) is 3.25. The van der Waals surface area contributed by atoms with Crippen LogP contribution in [0.15, 0.2) is 18.2 Å². The molecule has 0 aromatic heterocycles. The van der Waals surface area contributed by atoms with E-state index in [-0.39, 0.29) is 6.54 Å². The maximum atomic E-state index is 13.0. The summed E-state index contributed by atoms with van der Waals surface area (Å²) in [5, 5.41) is 9.82. The summed E-state index contributed by atoms with van der Waals surface area (Å²) in [6.45, 7) is 2.10. The van der Waals surface area contributed by atoms with E-state index < -0.39 is 23.7 Å². The number of halogens is 2. The second-order valence-electron chi connectivity index (χ2n) is 3.90. The van der Waals surface area contributed by atoms with Crippen molar-refractivity contribution in [3.63, 3.8) is 0 Å². The molecule has 0 aliphatic heterocycles. The van der Waals surface area contributed by atoms with Gasteiger partial charge < -0.3 is 10.8 Å². The molecule has 1 aromatic rings. The van der Waals surface area contributed by atoms with Gasteiger partial charge >= 0.3 is 0 Å². The van der Waals surface area contributed by atoms with Crippen molar-refractivity contribution in [3.8, 4) is 0 Å². The third-order valence-corrected chi connectivity index (χ3v) is 2.62. The quantitative estimate of drug-likeness (QED) is 0.812. The summed E-state index contributed by atoms with van der Waals surface area (Å²) in [6, 6.07) is 3.25. The summed E-state index contributed by atoms with van der Waals surface area (Å²) in [7, 11) is 0. The number of aliphatic hydroxyl groups excluding tert-OH is 1. The van der Waals surface area contributed by atoms with Crippen LogP contribution in [0.4, 0.5) is 8.78 Å². The maximum Gasteiger partial charge on any atom is 0.126 e. The fourth-order valence-corrected chi connectivity index (χ4v) is 1.80. The largest absolute Gasteiger partial charge is 0.392 e. The molecule has 0 saturated carbocycles. The predicted octanol–water partition coefficient (Wildman–Crippen LogP) is 2.17. The van der Waals surface area contributed by atoms with Crippen molar-refractivity contribution in [3.05, 3.63) is 35.4 Å². The van der Waals surface area contributed by atoms with E-state index in [1.807, 2.05) is 6.92 Å². The highest BCUT2D eigenvalue weighted by molar-refractivity contribution is 5.23. The molecular weight excluding hydrogens is 212 g/mol. The number of benzene rings is 1. The zero-order chi connectivity index (χ0) is 12.1. The molecule has 0 spiro atoms. The van der Waals surface area contributed by atoms with Gasteiger partial charge in [-0.05, 0) is 24.1 Å². The maximum absolute atomic E-state index is 13.0. The highest BCUT2D eigenvalue weighted by atomic mass is 19.1.